The maximum atomic E-state index is 5.53. The summed E-state index contributed by atoms with van der Waals surface area (Å²) in [5.74, 6) is 3.68. The first kappa shape index (κ1) is 26.4. The molecule has 0 aliphatic heterocycles. The number of ether oxygens (including phenoxy) is 6. The van der Waals surface area contributed by atoms with Crippen LogP contribution in [0.3, 0.4) is 0 Å². The second-order valence-electron chi connectivity index (χ2n) is 8.78. The summed E-state index contributed by atoms with van der Waals surface area (Å²) in [6.45, 7) is 1.93. The number of benzene rings is 2. The third kappa shape index (κ3) is 5.23. The van der Waals surface area contributed by atoms with Crippen LogP contribution in [-0.2, 0) is 25.0 Å². The maximum Gasteiger partial charge on any atom is 0.203 e. The minimum atomic E-state index is -0.273. The van der Waals surface area contributed by atoms with E-state index in [2.05, 4.69) is 21.7 Å². The fourth-order valence-electron chi connectivity index (χ4n) is 4.83. The van der Waals surface area contributed by atoms with Gasteiger partial charge in [-0.05, 0) is 47.0 Å². The van der Waals surface area contributed by atoms with Gasteiger partial charge >= 0.3 is 0 Å². The smallest absolute Gasteiger partial charge is 0.203 e. The van der Waals surface area contributed by atoms with Gasteiger partial charge in [-0.3, -0.25) is 4.98 Å². The molecule has 9 nitrogen and oxygen atoms in total. The second kappa shape index (κ2) is 11.6. The summed E-state index contributed by atoms with van der Waals surface area (Å²) in [5, 5.41) is 7.38. The molecular formula is C28H35N3O6. The van der Waals surface area contributed by atoms with Gasteiger partial charge < -0.3 is 39.1 Å². The normalized spacial score (nSPS) is 15.8. The molecule has 9 heteroatoms. The summed E-state index contributed by atoms with van der Waals surface area (Å²) in [6.07, 6.45) is 2.65. The maximum absolute atomic E-state index is 5.53. The first-order valence-electron chi connectivity index (χ1n) is 12.0. The third-order valence-electron chi connectivity index (χ3n) is 6.71. The highest BCUT2D eigenvalue weighted by atomic mass is 16.5. The van der Waals surface area contributed by atoms with Crippen LogP contribution in [0.5, 0.6) is 34.5 Å². The largest absolute Gasteiger partial charge is 0.493 e. The van der Waals surface area contributed by atoms with Gasteiger partial charge in [0.25, 0.3) is 0 Å². The van der Waals surface area contributed by atoms with Gasteiger partial charge in [-0.25, -0.2) is 0 Å². The topological polar surface area (TPSA) is 92.3 Å². The molecule has 1 aliphatic rings. The second-order valence-corrected chi connectivity index (χ2v) is 8.78. The van der Waals surface area contributed by atoms with Crippen LogP contribution in [0, 0.1) is 0 Å². The first-order chi connectivity index (χ1) is 18.0. The van der Waals surface area contributed by atoms with Crippen LogP contribution < -0.4 is 39.1 Å². The summed E-state index contributed by atoms with van der Waals surface area (Å²) in [7, 11) is 9.69. The van der Waals surface area contributed by atoms with Crippen LogP contribution in [0.2, 0.25) is 0 Å². The van der Waals surface area contributed by atoms with Crippen LogP contribution in [-0.4, -0.2) is 54.2 Å². The highest BCUT2D eigenvalue weighted by Gasteiger charge is 2.43. The van der Waals surface area contributed by atoms with Crippen LogP contribution in [0.4, 0.5) is 0 Å². The molecule has 37 heavy (non-hydrogen) atoms. The Bertz CT molecular complexity index is 1180. The molecule has 0 amide bonds. The minimum Gasteiger partial charge on any atom is -0.493 e. The zero-order valence-electron chi connectivity index (χ0n) is 22.3. The molecule has 198 valence electrons. The monoisotopic (exact) mass is 509 g/mol. The van der Waals surface area contributed by atoms with Gasteiger partial charge in [-0.2, -0.15) is 0 Å². The van der Waals surface area contributed by atoms with E-state index in [1.807, 2.05) is 36.5 Å². The molecule has 4 rings (SSSR count). The number of rotatable bonds is 13. The molecule has 1 atom stereocenters. The number of nitrogens with zero attached hydrogens (tertiary/aromatic N) is 1. The van der Waals surface area contributed by atoms with E-state index in [4.69, 9.17) is 28.4 Å². The summed E-state index contributed by atoms with van der Waals surface area (Å²) in [4.78, 5) is 4.55. The Morgan fingerprint density at radius 1 is 0.730 bits per heavy atom. The van der Waals surface area contributed by atoms with Crippen LogP contribution in [0.25, 0.3) is 0 Å². The van der Waals surface area contributed by atoms with E-state index in [0.717, 1.165) is 23.2 Å². The standard InChI is InChI=1S/C28H35N3O6/c1-32-22-10-18(11-23(33-2)26(22)36-5)15-29-17-28(14-21-20(28)8-7-9-30-21)31-16-19-12-24(34-3)27(37-6)25(13-19)35-4/h7-13,29,31H,14-17H2,1-6H3. The summed E-state index contributed by atoms with van der Waals surface area (Å²) in [6, 6.07) is 12.0. The minimum absolute atomic E-state index is 0.273. The van der Waals surface area contributed by atoms with E-state index >= 15 is 0 Å². The molecule has 0 fully saturated rings. The van der Waals surface area contributed by atoms with Crippen molar-refractivity contribution in [3.05, 3.63) is 65.0 Å². The van der Waals surface area contributed by atoms with Gasteiger partial charge in [0, 0.05) is 37.9 Å². The molecule has 1 aliphatic carbocycles. The molecule has 0 saturated heterocycles. The van der Waals surface area contributed by atoms with Gasteiger partial charge in [0.15, 0.2) is 23.0 Å². The first-order valence-corrected chi connectivity index (χ1v) is 12.0. The average molecular weight is 510 g/mol. The molecule has 0 spiro atoms. The lowest BCUT2D eigenvalue weighted by Gasteiger charge is -2.44. The van der Waals surface area contributed by atoms with Crippen molar-refractivity contribution in [3.63, 3.8) is 0 Å². The van der Waals surface area contributed by atoms with Crippen molar-refractivity contribution in [1.29, 1.82) is 0 Å². The highest BCUT2D eigenvalue weighted by Crippen LogP contribution is 2.41. The molecule has 2 N–H and O–H groups in total. The van der Waals surface area contributed by atoms with Crippen molar-refractivity contribution in [3.8, 4) is 34.5 Å². The molecule has 3 aromatic rings. The van der Waals surface area contributed by atoms with Crippen LogP contribution >= 0.6 is 0 Å². The SMILES string of the molecule is COc1cc(CNCC2(NCc3cc(OC)c(OC)c(OC)c3)Cc3ncccc32)cc(OC)c1OC. The van der Waals surface area contributed by atoms with Gasteiger partial charge in [0.2, 0.25) is 11.5 Å². The van der Waals surface area contributed by atoms with Crippen molar-refractivity contribution >= 4 is 0 Å². The number of nitrogens with one attached hydrogen (secondary N) is 2. The Balaban J connectivity index is 1.52. The van der Waals surface area contributed by atoms with E-state index in [0.29, 0.717) is 54.1 Å². The quantitative estimate of drug-likeness (QED) is 0.359. The Morgan fingerprint density at radius 2 is 1.24 bits per heavy atom. The number of pyridine rings is 1. The van der Waals surface area contributed by atoms with Crippen molar-refractivity contribution in [2.75, 3.05) is 49.2 Å². The number of hydrogen-bond acceptors (Lipinski definition) is 9. The molecule has 0 saturated carbocycles. The van der Waals surface area contributed by atoms with Crippen molar-refractivity contribution in [2.24, 2.45) is 0 Å². The fraction of sp³-hybridized carbons (Fsp3) is 0.393. The van der Waals surface area contributed by atoms with Crippen LogP contribution in [0.1, 0.15) is 22.4 Å². The Kier molecular flexibility index (Phi) is 8.25. The number of fused-ring (bicyclic) bond motifs is 1. The van der Waals surface area contributed by atoms with Gasteiger partial charge in [0.05, 0.1) is 48.2 Å². The van der Waals surface area contributed by atoms with E-state index in [-0.39, 0.29) is 5.54 Å². The summed E-state index contributed by atoms with van der Waals surface area (Å²) < 4.78 is 33.0. The zero-order valence-corrected chi connectivity index (χ0v) is 22.3. The molecule has 0 radical (unpaired) electrons. The van der Waals surface area contributed by atoms with E-state index in [1.165, 1.54) is 5.56 Å². The molecule has 2 aromatic carbocycles. The lowest BCUT2D eigenvalue weighted by atomic mass is 9.73. The average Bonchev–Trinajstić information content (AvgIpc) is 2.93. The fourth-order valence-corrected chi connectivity index (χ4v) is 4.83. The van der Waals surface area contributed by atoms with E-state index in [9.17, 15) is 0 Å². The van der Waals surface area contributed by atoms with E-state index < -0.39 is 0 Å². The van der Waals surface area contributed by atoms with Crippen molar-refractivity contribution in [1.82, 2.24) is 15.6 Å². The Morgan fingerprint density at radius 3 is 1.70 bits per heavy atom. The molecule has 1 heterocycles. The summed E-state index contributed by atoms with van der Waals surface area (Å²) in [5.41, 5.74) is 4.08. The predicted octanol–water partition coefficient (Wildman–Crippen LogP) is 3.46. The van der Waals surface area contributed by atoms with Gasteiger partial charge in [0.1, 0.15) is 0 Å². The number of aromatic nitrogens is 1. The van der Waals surface area contributed by atoms with Crippen LogP contribution in [0.15, 0.2) is 42.6 Å². The zero-order chi connectivity index (χ0) is 26.4. The van der Waals surface area contributed by atoms with Gasteiger partial charge in [-0.15, -0.1) is 0 Å². The van der Waals surface area contributed by atoms with Gasteiger partial charge in [-0.1, -0.05) is 6.07 Å². The lowest BCUT2D eigenvalue weighted by molar-refractivity contribution is 0.262. The third-order valence-corrected chi connectivity index (χ3v) is 6.71. The van der Waals surface area contributed by atoms with Crippen molar-refractivity contribution in [2.45, 2.75) is 25.0 Å². The predicted molar refractivity (Wildman–Crippen MR) is 140 cm³/mol. The highest BCUT2D eigenvalue weighted by molar-refractivity contribution is 5.55. The van der Waals surface area contributed by atoms with Crippen molar-refractivity contribution < 1.29 is 28.4 Å². The number of methoxy groups -OCH3 is 6. The molecular weight excluding hydrogens is 474 g/mol. The lowest BCUT2D eigenvalue weighted by Crippen LogP contribution is -2.57. The number of hydrogen-bond donors (Lipinski definition) is 2. The Hall–Kier alpha value is -3.69. The summed E-state index contributed by atoms with van der Waals surface area (Å²) >= 11 is 0. The Labute approximate surface area is 218 Å². The molecule has 1 unspecified atom stereocenters. The molecule has 0 bridgehead atoms. The van der Waals surface area contributed by atoms with E-state index in [1.54, 1.807) is 42.7 Å². The molecule has 1 aromatic heterocycles.